The van der Waals surface area contributed by atoms with Crippen LogP contribution in [0.15, 0.2) is 0 Å². The van der Waals surface area contributed by atoms with Gasteiger partial charge in [0.2, 0.25) is 0 Å². The van der Waals surface area contributed by atoms with E-state index in [9.17, 15) is 13.2 Å². The van der Waals surface area contributed by atoms with Crippen molar-refractivity contribution >= 4 is 0 Å². The van der Waals surface area contributed by atoms with Crippen molar-refractivity contribution in [3.63, 3.8) is 0 Å². The quantitative estimate of drug-likeness (QED) is 0.704. The number of nitrogens with zero attached hydrogens (tertiary/aromatic N) is 1. The van der Waals surface area contributed by atoms with Crippen LogP contribution in [-0.4, -0.2) is 50.0 Å². The van der Waals surface area contributed by atoms with Gasteiger partial charge in [0.05, 0.1) is 6.61 Å². The van der Waals surface area contributed by atoms with E-state index in [1.165, 1.54) is 12.8 Å². The van der Waals surface area contributed by atoms with Crippen LogP contribution in [0.5, 0.6) is 0 Å². The van der Waals surface area contributed by atoms with Crippen molar-refractivity contribution in [3.8, 4) is 0 Å². The molecule has 1 aliphatic carbocycles. The molecule has 0 aliphatic heterocycles. The summed E-state index contributed by atoms with van der Waals surface area (Å²) in [6.07, 6.45) is 0.425. The molecule has 0 bridgehead atoms. The van der Waals surface area contributed by atoms with Gasteiger partial charge in [-0.05, 0) is 12.8 Å². The molecule has 2 N–H and O–H groups in total. The van der Waals surface area contributed by atoms with Gasteiger partial charge >= 0.3 is 6.18 Å². The summed E-state index contributed by atoms with van der Waals surface area (Å²) in [7, 11) is 0. The number of hydrogen-bond donors (Lipinski definition) is 1. The highest BCUT2D eigenvalue weighted by molar-refractivity contribution is 4.77. The largest absolute Gasteiger partial charge is 0.411 e. The van der Waals surface area contributed by atoms with E-state index in [4.69, 9.17) is 5.73 Å². The Morgan fingerprint density at radius 1 is 1.18 bits per heavy atom. The van der Waals surface area contributed by atoms with E-state index in [2.05, 4.69) is 9.64 Å². The molecule has 1 saturated carbocycles. The molecule has 0 spiro atoms. The lowest BCUT2D eigenvalue weighted by atomic mass is 10.2. The zero-order valence-corrected chi connectivity index (χ0v) is 10.0. The highest BCUT2D eigenvalue weighted by Gasteiger charge is 2.27. The van der Waals surface area contributed by atoms with E-state index >= 15 is 0 Å². The SMILES string of the molecule is NCCN(CCOCC(F)(F)F)C1CCCC1. The summed E-state index contributed by atoms with van der Waals surface area (Å²) in [6, 6.07) is 0.480. The standard InChI is InChI=1S/C11H21F3N2O/c12-11(13,14)9-17-8-7-16(6-5-15)10-3-1-2-4-10/h10H,1-9,15H2. The van der Waals surface area contributed by atoms with Gasteiger partial charge in [-0.3, -0.25) is 4.90 Å². The maximum absolute atomic E-state index is 11.9. The third kappa shape index (κ3) is 6.24. The molecule has 0 saturated heterocycles. The lowest BCUT2D eigenvalue weighted by Crippen LogP contribution is -2.39. The second-order valence-corrected chi connectivity index (χ2v) is 4.43. The predicted octanol–water partition coefficient (Wildman–Crippen LogP) is 1.77. The molecule has 0 radical (unpaired) electrons. The molecule has 1 aliphatic rings. The summed E-state index contributed by atoms with van der Waals surface area (Å²) in [5.41, 5.74) is 5.51. The molecule has 3 nitrogen and oxygen atoms in total. The number of nitrogens with two attached hydrogens (primary N) is 1. The van der Waals surface area contributed by atoms with Crippen molar-refractivity contribution in [2.24, 2.45) is 5.73 Å². The Kier molecular flexibility index (Phi) is 6.22. The molecule has 1 fully saturated rings. The summed E-state index contributed by atoms with van der Waals surface area (Å²) in [5, 5.41) is 0. The molecular weight excluding hydrogens is 233 g/mol. The third-order valence-corrected chi connectivity index (χ3v) is 3.05. The first-order valence-electron chi connectivity index (χ1n) is 6.11. The van der Waals surface area contributed by atoms with Crippen molar-refractivity contribution in [2.45, 2.75) is 37.9 Å². The van der Waals surface area contributed by atoms with E-state index < -0.39 is 12.8 Å². The molecular formula is C11H21F3N2O. The molecule has 0 amide bonds. The molecule has 0 aromatic rings. The molecule has 0 atom stereocenters. The molecule has 0 heterocycles. The normalized spacial score (nSPS) is 18.2. The number of hydrogen-bond acceptors (Lipinski definition) is 3. The minimum absolute atomic E-state index is 0.121. The number of ether oxygens (including phenoxy) is 1. The van der Waals surface area contributed by atoms with Crippen LogP contribution < -0.4 is 5.73 Å². The highest BCUT2D eigenvalue weighted by Crippen LogP contribution is 2.23. The van der Waals surface area contributed by atoms with Crippen molar-refractivity contribution in [2.75, 3.05) is 32.8 Å². The van der Waals surface area contributed by atoms with E-state index in [0.29, 0.717) is 19.1 Å². The number of halogens is 3. The molecule has 0 aromatic heterocycles. The second kappa shape index (κ2) is 7.18. The van der Waals surface area contributed by atoms with Crippen molar-refractivity contribution in [1.82, 2.24) is 4.90 Å². The first-order valence-corrected chi connectivity index (χ1v) is 6.11. The lowest BCUT2D eigenvalue weighted by Gasteiger charge is -2.28. The Balaban J connectivity index is 2.20. The van der Waals surface area contributed by atoms with Gasteiger partial charge in [-0.2, -0.15) is 13.2 Å². The minimum Gasteiger partial charge on any atom is -0.371 e. The average Bonchev–Trinajstić information content (AvgIpc) is 2.74. The van der Waals surface area contributed by atoms with Gasteiger partial charge in [-0.25, -0.2) is 0 Å². The fraction of sp³-hybridized carbons (Fsp3) is 1.00. The van der Waals surface area contributed by atoms with E-state index in [0.717, 1.165) is 19.4 Å². The van der Waals surface area contributed by atoms with Gasteiger partial charge in [-0.1, -0.05) is 12.8 Å². The third-order valence-electron chi connectivity index (χ3n) is 3.05. The zero-order chi connectivity index (χ0) is 12.7. The first kappa shape index (κ1) is 14.7. The highest BCUT2D eigenvalue weighted by atomic mass is 19.4. The Labute approximate surface area is 100 Å². The summed E-state index contributed by atoms with van der Waals surface area (Å²) in [4.78, 5) is 2.16. The van der Waals surface area contributed by atoms with Crippen molar-refractivity contribution < 1.29 is 17.9 Å². The van der Waals surface area contributed by atoms with Crippen LogP contribution in [0.4, 0.5) is 13.2 Å². The topological polar surface area (TPSA) is 38.5 Å². The Morgan fingerprint density at radius 3 is 2.35 bits per heavy atom. The van der Waals surface area contributed by atoms with Gasteiger partial charge in [0.1, 0.15) is 6.61 Å². The van der Waals surface area contributed by atoms with Crippen LogP contribution in [-0.2, 0) is 4.74 Å². The maximum Gasteiger partial charge on any atom is 0.411 e. The monoisotopic (exact) mass is 254 g/mol. The zero-order valence-electron chi connectivity index (χ0n) is 10.0. The average molecular weight is 254 g/mol. The fourth-order valence-electron chi connectivity index (χ4n) is 2.28. The Bertz CT molecular complexity index is 205. The number of rotatable bonds is 7. The fourth-order valence-corrected chi connectivity index (χ4v) is 2.28. The van der Waals surface area contributed by atoms with Gasteiger partial charge < -0.3 is 10.5 Å². The second-order valence-electron chi connectivity index (χ2n) is 4.43. The molecule has 102 valence electrons. The summed E-state index contributed by atoms with van der Waals surface area (Å²) in [6.45, 7) is 0.776. The lowest BCUT2D eigenvalue weighted by molar-refractivity contribution is -0.174. The smallest absolute Gasteiger partial charge is 0.371 e. The van der Waals surface area contributed by atoms with Crippen LogP contribution in [0.2, 0.25) is 0 Å². The molecule has 0 unspecified atom stereocenters. The first-order chi connectivity index (χ1) is 8.03. The van der Waals surface area contributed by atoms with Crippen molar-refractivity contribution in [1.29, 1.82) is 0 Å². The van der Waals surface area contributed by atoms with Gasteiger partial charge in [-0.15, -0.1) is 0 Å². The molecule has 0 aromatic carbocycles. The van der Waals surface area contributed by atoms with Gasteiger partial charge in [0.15, 0.2) is 0 Å². The maximum atomic E-state index is 11.9. The van der Waals surface area contributed by atoms with E-state index in [1.807, 2.05) is 0 Å². The summed E-state index contributed by atoms with van der Waals surface area (Å²) in [5.74, 6) is 0. The summed E-state index contributed by atoms with van der Waals surface area (Å²) >= 11 is 0. The van der Waals surface area contributed by atoms with Crippen LogP contribution in [0.25, 0.3) is 0 Å². The molecule has 6 heteroatoms. The molecule has 1 rings (SSSR count). The van der Waals surface area contributed by atoms with Crippen LogP contribution in [0, 0.1) is 0 Å². The van der Waals surface area contributed by atoms with Crippen LogP contribution >= 0.6 is 0 Å². The van der Waals surface area contributed by atoms with Crippen LogP contribution in [0.3, 0.4) is 0 Å². The van der Waals surface area contributed by atoms with Crippen LogP contribution in [0.1, 0.15) is 25.7 Å². The Hall–Kier alpha value is -0.330. The molecule has 17 heavy (non-hydrogen) atoms. The van der Waals surface area contributed by atoms with E-state index in [-0.39, 0.29) is 6.61 Å². The minimum atomic E-state index is -4.23. The number of alkyl halides is 3. The van der Waals surface area contributed by atoms with Crippen molar-refractivity contribution in [3.05, 3.63) is 0 Å². The predicted molar refractivity (Wildman–Crippen MR) is 59.8 cm³/mol. The Morgan fingerprint density at radius 2 is 1.82 bits per heavy atom. The van der Waals surface area contributed by atoms with Gasteiger partial charge in [0.25, 0.3) is 0 Å². The van der Waals surface area contributed by atoms with E-state index in [1.54, 1.807) is 0 Å². The summed E-state index contributed by atoms with van der Waals surface area (Å²) < 4.78 is 40.2. The van der Waals surface area contributed by atoms with Gasteiger partial charge in [0, 0.05) is 25.7 Å².